The minimum absolute atomic E-state index is 0.219. The van der Waals surface area contributed by atoms with Crippen LogP contribution in [-0.2, 0) is 0 Å². The van der Waals surface area contributed by atoms with Gasteiger partial charge < -0.3 is 10.4 Å². The largest absolute Gasteiger partial charge is 0.478 e. The highest BCUT2D eigenvalue weighted by Crippen LogP contribution is 2.25. The second-order valence-corrected chi connectivity index (χ2v) is 5.33. The summed E-state index contributed by atoms with van der Waals surface area (Å²) in [6, 6.07) is 10.9. The maximum atomic E-state index is 13.8. The van der Waals surface area contributed by atoms with Gasteiger partial charge in [0.1, 0.15) is 5.82 Å². The van der Waals surface area contributed by atoms with Crippen molar-refractivity contribution >= 4 is 27.6 Å². The number of carboxylic acids is 1. The van der Waals surface area contributed by atoms with Crippen LogP contribution in [0.1, 0.15) is 28.9 Å². The van der Waals surface area contributed by atoms with E-state index < -0.39 is 5.97 Å². The zero-order valence-electron chi connectivity index (χ0n) is 10.7. The van der Waals surface area contributed by atoms with Crippen LogP contribution < -0.4 is 5.32 Å². The van der Waals surface area contributed by atoms with E-state index in [1.165, 1.54) is 18.2 Å². The molecule has 2 aromatic rings. The molecular formula is C15H13BrFNO2. The fraction of sp³-hybridized carbons (Fsp3) is 0.133. The number of benzene rings is 2. The zero-order valence-corrected chi connectivity index (χ0v) is 12.3. The first-order chi connectivity index (χ1) is 9.47. The van der Waals surface area contributed by atoms with Crippen LogP contribution in [0.25, 0.3) is 0 Å². The lowest BCUT2D eigenvalue weighted by molar-refractivity contribution is 0.0697. The summed E-state index contributed by atoms with van der Waals surface area (Å²) in [5, 5.41) is 12.0. The first-order valence-electron chi connectivity index (χ1n) is 6.02. The van der Waals surface area contributed by atoms with Crippen LogP contribution in [0.15, 0.2) is 46.9 Å². The first-order valence-corrected chi connectivity index (χ1v) is 6.81. The summed E-state index contributed by atoms with van der Waals surface area (Å²) >= 11 is 3.32. The Morgan fingerprint density at radius 3 is 2.50 bits per heavy atom. The third kappa shape index (κ3) is 3.36. The first kappa shape index (κ1) is 14.5. The Morgan fingerprint density at radius 2 is 1.90 bits per heavy atom. The smallest absolute Gasteiger partial charge is 0.335 e. The van der Waals surface area contributed by atoms with Gasteiger partial charge in [-0.1, -0.05) is 15.9 Å². The molecule has 0 radical (unpaired) electrons. The molecule has 2 N–H and O–H groups in total. The van der Waals surface area contributed by atoms with Crippen LogP contribution in [0, 0.1) is 5.82 Å². The van der Waals surface area contributed by atoms with Gasteiger partial charge in [0.2, 0.25) is 0 Å². The van der Waals surface area contributed by atoms with E-state index in [1.807, 2.05) is 6.92 Å². The van der Waals surface area contributed by atoms with Crippen molar-refractivity contribution in [2.24, 2.45) is 0 Å². The molecule has 0 heterocycles. The molecule has 1 atom stereocenters. The van der Waals surface area contributed by atoms with Crippen LogP contribution in [-0.4, -0.2) is 11.1 Å². The Kier molecular flexibility index (Phi) is 4.39. The molecule has 3 nitrogen and oxygen atoms in total. The molecule has 0 fully saturated rings. The van der Waals surface area contributed by atoms with Crippen molar-refractivity contribution in [2.75, 3.05) is 5.32 Å². The topological polar surface area (TPSA) is 49.3 Å². The summed E-state index contributed by atoms with van der Waals surface area (Å²) in [5.41, 5.74) is 1.50. The standard InChI is InChI=1S/C15H13BrFNO2/c1-9(13-8-11(16)4-7-14(13)17)18-12-5-2-10(3-6-12)15(19)20/h2-9,18H,1H3,(H,19,20). The molecule has 0 aliphatic carbocycles. The highest BCUT2D eigenvalue weighted by atomic mass is 79.9. The number of hydrogen-bond donors (Lipinski definition) is 2. The highest BCUT2D eigenvalue weighted by molar-refractivity contribution is 9.10. The van der Waals surface area contributed by atoms with Gasteiger partial charge in [-0.05, 0) is 49.4 Å². The van der Waals surface area contributed by atoms with Gasteiger partial charge >= 0.3 is 5.97 Å². The second-order valence-electron chi connectivity index (χ2n) is 4.41. The number of carbonyl (C=O) groups is 1. The van der Waals surface area contributed by atoms with Gasteiger partial charge in [-0.2, -0.15) is 0 Å². The van der Waals surface area contributed by atoms with E-state index in [2.05, 4.69) is 21.2 Å². The Hall–Kier alpha value is -1.88. The number of rotatable bonds is 4. The molecule has 0 amide bonds. The Balaban J connectivity index is 2.16. The molecular weight excluding hydrogens is 325 g/mol. The maximum Gasteiger partial charge on any atom is 0.335 e. The summed E-state index contributed by atoms with van der Waals surface area (Å²) in [6.07, 6.45) is 0. The fourth-order valence-electron chi connectivity index (χ4n) is 1.88. The highest BCUT2D eigenvalue weighted by Gasteiger charge is 2.11. The minimum Gasteiger partial charge on any atom is -0.478 e. The molecule has 5 heteroatoms. The lowest BCUT2D eigenvalue weighted by Crippen LogP contribution is -2.09. The second kappa shape index (κ2) is 6.05. The number of halogens is 2. The number of carboxylic acid groups (broad SMARTS) is 1. The molecule has 0 spiro atoms. The minimum atomic E-state index is -0.970. The third-order valence-corrected chi connectivity index (χ3v) is 3.43. The average molecular weight is 338 g/mol. The Morgan fingerprint density at radius 1 is 1.25 bits per heavy atom. The monoisotopic (exact) mass is 337 g/mol. The summed E-state index contributed by atoms with van der Waals surface area (Å²) < 4.78 is 14.6. The van der Waals surface area contributed by atoms with E-state index in [-0.39, 0.29) is 17.4 Å². The Bertz CT molecular complexity index is 628. The van der Waals surface area contributed by atoms with Gasteiger partial charge in [0.05, 0.1) is 11.6 Å². The van der Waals surface area contributed by atoms with Crippen molar-refractivity contribution in [2.45, 2.75) is 13.0 Å². The summed E-state index contributed by atoms with van der Waals surface area (Å²) in [4.78, 5) is 10.8. The van der Waals surface area contributed by atoms with Crippen LogP contribution in [0.5, 0.6) is 0 Å². The molecule has 2 rings (SSSR count). The molecule has 0 aliphatic heterocycles. The van der Waals surface area contributed by atoms with Gasteiger partial charge in [-0.15, -0.1) is 0 Å². The van der Waals surface area contributed by atoms with Crippen molar-refractivity contribution < 1.29 is 14.3 Å². The van der Waals surface area contributed by atoms with Gasteiger partial charge in [-0.25, -0.2) is 9.18 Å². The van der Waals surface area contributed by atoms with Gasteiger partial charge in [0, 0.05) is 15.7 Å². The van der Waals surface area contributed by atoms with Crippen molar-refractivity contribution in [1.82, 2.24) is 0 Å². The fourth-order valence-corrected chi connectivity index (χ4v) is 2.26. The van der Waals surface area contributed by atoms with Crippen molar-refractivity contribution in [3.63, 3.8) is 0 Å². The predicted octanol–water partition coefficient (Wildman–Crippen LogP) is 4.46. The molecule has 0 saturated carbocycles. The molecule has 0 aliphatic rings. The number of anilines is 1. The van der Waals surface area contributed by atoms with Gasteiger partial charge in [0.25, 0.3) is 0 Å². The normalized spacial score (nSPS) is 11.9. The summed E-state index contributed by atoms with van der Waals surface area (Å²) in [7, 11) is 0. The molecule has 104 valence electrons. The van der Waals surface area contributed by atoms with Crippen molar-refractivity contribution in [3.8, 4) is 0 Å². The average Bonchev–Trinajstić information content (AvgIpc) is 2.42. The molecule has 1 unspecified atom stereocenters. The van der Waals surface area contributed by atoms with E-state index in [0.717, 1.165) is 10.2 Å². The lowest BCUT2D eigenvalue weighted by Gasteiger charge is -2.17. The Labute approximate surface area is 124 Å². The van der Waals surface area contributed by atoms with E-state index in [9.17, 15) is 9.18 Å². The molecule has 2 aromatic carbocycles. The van der Waals surface area contributed by atoms with Crippen LogP contribution >= 0.6 is 15.9 Å². The van der Waals surface area contributed by atoms with E-state index >= 15 is 0 Å². The lowest BCUT2D eigenvalue weighted by atomic mass is 10.1. The van der Waals surface area contributed by atoms with Crippen molar-refractivity contribution in [1.29, 1.82) is 0 Å². The van der Waals surface area contributed by atoms with Crippen LogP contribution in [0.3, 0.4) is 0 Å². The zero-order chi connectivity index (χ0) is 14.7. The molecule has 0 saturated heterocycles. The van der Waals surface area contributed by atoms with Gasteiger partial charge in [0.15, 0.2) is 0 Å². The van der Waals surface area contributed by atoms with E-state index in [4.69, 9.17) is 5.11 Å². The third-order valence-electron chi connectivity index (χ3n) is 2.94. The number of hydrogen-bond acceptors (Lipinski definition) is 2. The number of nitrogens with one attached hydrogen (secondary N) is 1. The maximum absolute atomic E-state index is 13.8. The van der Waals surface area contributed by atoms with Crippen LogP contribution in [0.4, 0.5) is 10.1 Å². The molecule has 20 heavy (non-hydrogen) atoms. The molecule has 0 bridgehead atoms. The summed E-state index contributed by atoms with van der Waals surface area (Å²) in [5.74, 6) is -1.25. The van der Waals surface area contributed by atoms with E-state index in [1.54, 1.807) is 24.3 Å². The molecule has 0 aromatic heterocycles. The van der Waals surface area contributed by atoms with E-state index in [0.29, 0.717) is 5.56 Å². The quantitative estimate of drug-likeness (QED) is 0.865. The number of aromatic carboxylic acids is 1. The summed E-state index contributed by atoms with van der Waals surface area (Å²) in [6.45, 7) is 1.84. The van der Waals surface area contributed by atoms with Gasteiger partial charge in [-0.3, -0.25) is 0 Å². The van der Waals surface area contributed by atoms with Crippen LogP contribution in [0.2, 0.25) is 0 Å². The SMILES string of the molecule is CC(Nc1ccc(C(=O)O)cc1)c1cc(Br)ccc1F. The predicted molar refractivity (Wildman–Crippen MR) is 79.5 cm³/mol. The van der Waals surface area contributed by atoms with Crippen molar-refractivity contribution in [3.05, 3.63) is 63.9 Å².